The molecule has 2 aromatic rings. The minimum absolute atomic E-state index is 0.316. The minimum atomic E-state index is 0.316. The largest absolute Gasteiger partial charge is 0.493 e. The van der Waals surface area contributed by atoms with E-state index >= 15 is 0 Å². The highest BCUT2D eigenvalue weighted by molar-refractivity contribution is 5.55. The normalized spacial score (nSPS) is 12.6. The van der Waals surface area contributed by atoms with Crippen LogP contribution >= 0.6 is 0 Å². The van der Waals surface area contributed by atoms with Gasteiger partial charge in [-0.05, 0) is 38.1 Å². The van der Waals surface area contributed by atoms with E-state index in [0.29, 0.717) is 30.3 Å². The van der Waals surface area contributed by atoms with E-state index in [1.807, 2.05) is 31.3 Å². The van der Waals surface area contributed by atoms with Crippen LogP contribution in [0.5, 0.6) is 5.75 Å². The first-order valence-electron chi connectivity index (χ1n) is 7.31. The summed E-state index contributed by atoms with van der Waals surface area (Å²) in [4.78, 5) is 4.43. The summed E-state index contributed by atoms with van der Waals surface area (Å²) < 4.78 is 11.1. The molecule has 2 rings (SSSR count). The number of hydrogen-bond acceptors (Lipinski definition) is 5. The van der Waals surface area contributed by atoms with Crippen molar-refractivity contribution in [2.75, 3.05) is 13.7 Å². The van der Waals surface area contributed by atoms with Crippen molar-refractivity contribution >= 4 is 0 Å². The zero-order valence-electron chi connectivity index (χ0n) is 13.1. The predicted molar refractivity (Wildman–Crippen MR) is 82.3 cm³/mol. The van der Waals surface area contributed by atoms with E-state index in [-0.39, 0.29) is 0 Å². The summed E-state index contributed by atoms with van der Waals surface area (Å²) >= 11 is 0. The lowest BCUT2D eigenvalue weighted by molar-refractivity contribution is 0.271. The summed E-state index contributed by atoms with van der Waals surface area (Å²) in [5.74, 6) is 2.56. The molecule has 0 bridgehead atoms. The van der Waals surface area contributed by atoms with Crippen LogP contribution in [0, 0.1) is 5.92 Å². The summed E-state index contributed by atoms with van der Waals surface area (Å²) in [5.41, 5.74) is 0.882. The van der Waals surface area contributed by atoms with E-state index in [9.17, 15) is 0 Å². The molecule has 0 saturated carbocycles. The van der Waals surface area contributed by atoms with Crippen LogP contribution in [0.15, 0.2) is 28.8 Å². The van der Waals surface area contributed by atoms with Crippen LogP contribution in [-0.4, -0.2) is 29.8 Å². The second kappa shape index (κ2) is 7.22. The molecule has 0 fully saturated rings. The average molecular weight is 289 g/mol. The van der Waals surface area contributed by atoms with Gasteiger partial charge in [-0.2, -0.15) is 4.98 Å². The predicted octanol–water partition coefficient (Wildman–Crippen LogP) is 2.92. The van der Waals surface area contributed by atoms with Gasteiger partial charge in [-0.1, -0.05) is 25.1 Å². The van der Waals surface area contributed by atoms with Crippen LogP contribution in [-0.2, 0) is 6.42 Å². The Hall–Kier alpha value is -1.88. The number of nitrogens with one attached hydrogen (secondary N) is 1. The molecule has 1 unspecified atom stereocenters. The molecule has 1 atom stereocenters. The van der Waals surface area contributed by atoms with Gasteiger partial charge >= 0.3 is 0 Å². The van der Waals surface area contributed by atoms with Crippen LogP contribution in [0.4, 0.5) is 0 Å². The Morgan fingerprint density at radius 1 is 1.29 bits per heavy atom. The van der Waals surface area contributed by atoms with Gasteiger partial charge in [-0.3, -0.25) is 0 Å². The third kappa shape index (κ3) is 4.56. The number of rotatable bonds is 7. The highest BCUT2D eigenvalue weighted by Gasteiger charge is 2.11. The molecule has 1 aromatic heterocycles. The van der Waals surface area contributed by atoms with Crippen molar-refractivity contribution in [2.45, 2.75) is 33.2 Å². The molecule has 0 aliphatic carbocycles. The van der Waals surface area contributed by atoms with Crippen molar-refractivity contribution in [3.05, 3.63) is 30.1 Å². The third-order valence-corrected chi connectivity index (χ3v) is 3.11. The van der Waals surface area contributed by atoms with Crippen LogP contribution in [0.25, 0.3) is 11.5 Å². The van der Waals surface area contributed by atoms with Gasteiger partial charge in [0.25, 0.3) is 5.89 Å². The summed E-state index contributed by atoms with van der Waals surface area (Å²) in [6.07, 6.45) is 0.740. The maximum absolute atomic E-state index is 5.72. The van der Waals surface area contributed by atoms with Gasteiger partial charge in [-0.25, -0.2) is 0 Å². The Balaban J connectivity index is 2.09. The number of likely N-dealkylation sites (N-methyl/N-ethyl adjacent to an activating group) is 1. The van der Waals surface area contributed by atoms with E-state index < -0.39 is 0 Å². The summed E-state index contributed by atoms with van der Waals surface area (Å²) in [7, 11) is 1.92. The first-order chi connectivity index (χ1) is 10.1. The highest BCUT2D eigenvalue weighted by atomic mass is 16.5. The van der Waals surface area contributed by atoms with E-state index in [4.69, 9.17) is 9.26 Å². The second-order valence-electron chi connectivity index (χ2n) is 5.64. The number of hydrogen-bond donors (Lipinski definition) is 1. The molecule has 0 amide bonds. The molecular formula is C16H23N3O2. The Labute approximate surface area is 125 Å². The number of benzene rings is 1. The van der Waals surface area contributed by atoms with E-state index in [1.165, 1.54) is 0 Å². The van der Waals surface area contributed by atoms with Gasteiger partial charge in [0.1, 0.15) is 5.75 Å². The van der Waals surface area contributed by atoms with Crippen molar-refractivity contribution in [2.24, 2.45) is 5.92 Å². The van der Waals surface area contributed by atoms with Crippen molar-refractivity contribution in [1.29, 1.82) is 0 Å². The van der Waals surface area contributed by atoms with Gasteiger partial charge in [0, 0.05) is 18.0 Å². The Bertz CT molecular complexity index is 566. The molecule has 0 aliphatic heterocycles. The molecule has 0 spiro atoms. The molecule has 1 heterocycles. The fourth-order valence-electron chi connectivity index (χ4n) is 1.81. The van der Waals surface area contributed by atoms with Crippen LogP contribution in [0.2, 0.25) is 0 Å². The molecule has 21 heavy (non-hydrogen) atoms. The molecule has 0 radical (unpaired) electrons. The molecule has 114 valence electrons. The van der Waals surface area contributed by atoms with E-state index in [2.05, 4.69) is 36.2 Å². The SMILES string of the molecule is CNC(C)Cc1noc(-c2cccc(OCC(C)C)c2)n1. The van der Waals surface area contributed by atoms with Gasteiger partial charge in [-0.15, -0.1) is 0 Å². The lowest BCUT2D eigenvalue weighted by Gasteiger charge is -2.08. The van der Waals surface area contributed by atoms with Gasteiger partial charge in [0.2, 0.25) is 0 Å². The van der Waals surface area contributed by atoms with Crippen molar-refractivity contribution in [3.63, 3.8) is 0 Å². The quantitative estimate of drug-likeness (QED) is 0.849. The summed E-state index contributed by atoms with van der Waals surface area (Å²) in [6.45, 7) is 7.02. The van der Waals surface area contributed by atoms with Crippen LogP contribution in [0.3, 0.4) is 0 Å². The van der Waals surface area contributed by atoms with Crippen molar-refractivity contribution < 1.29 is 9.26 Å². The van der Waals surface area contributed by atoms with Gasteiger partial charge in [0.15, 0.2) is 5.82 Å². The van der Waals surface area contributed by atoms with E-state index in [1.54, 1.807) is 0 Å². The molecule has 0 saturated heterocycles. The molecule has 5 nitrogen and oxygen atoms in total. The Morgan fingerprint density at radius 2 is 2.10 bits per heavy atom. The van der Waals surface area contributed by atoms with Crippen molar-refractivity contribution in [3.8, 4) is 17.2 Å². The maximum atomic E-state index is 5.72. The van der Waals surface area contributed by atoms with Gasteiger partial charge < -0.3 is 14.6 Å². The molecular weight excluding hydrogens is 266 g/mol. The zero-order chi connectivity index (χ0) is 15.2. The standard InChI is InChI=1S/C16H23N3O2/c1-11(2)10-20-14-7-5-6-13(9-14)16-18-15(19-21-16)8-12(3)17-4/h5-7,9,11-12,17H,8,10H2,1-4H3. The molecule has 1 N–H and O–H groups in total. The molecule has 5 heteroatoms. The third-order valence-electron chi connectivity index (χ3n) is 3.11. The first kappa shape index (κ1) is 15.5. The minimum Gasteiger partial charge on any atom is -0.493 e. The van der Waals surface area contributed by atoms with Crippen LogP contribution in [0.1, 0.15) is 26.6 Å². The van der Waals surface area contributed by atoms with Crippen LogP contribution < -0.4 is 10.1 Å². The number of ether oxygens (including phenoxy) is 1. The molecule has 0 aliphatic rings. The molecule has 1 aromatic carbocycles. The smallest absolute Gasteiger partial charge is 0.258 e. The Morgan fingerprint density at radius 3 is 2.81 bits per heavy atom. The van der Waals surface area contributed by atoms with Crippen molar-refractivity contribution in [1.82, 2.24) is 15.5 Å². The number of nitrogens with zero attached hydrogens (tertiary/aromatic N) is 2. The zero-order valence-corrected chi connectivity index (χ0v) is 13.1. The second-order valence-corrected chi connectivity index (χ2v) is 5.64. The Kier molecular flexibility index (Phi) is 5.33. The van der Waals surface area contributed by atoms with Gasteiger partial charge in [0.05, 0.1) is 6.61 Å². The lowest BCUT2D eigenvalue weighted by Crippen LogP contribution is -2.24. The lowest BCUT2D eigenvalue weighted by atomic mass is 10.2. The highest BCUT2D eigenvalue weighted by Crippen LogP contribution is 2.23. The summed E-state index contributed by atoms with van der Waals surface area (Å²) in [5, 5.41) is 7.17. The fourth-order valence-corrected chi connectivity index (χ4v) is 1.81. The fraction of sp³-hybridized carbons (Fsp3) is 0.500. The topological polar surface area (TPSA) is 60.2 Å². The van der Waals surface area contributed by atoms with E-state index in [0.717, 1.165) is 17.7 Å². The number of aromatic nitrogens is 2. The first-order valence-corrected chi connectivity index (χ1v) is 7.31. The monoisotopic (exact) mass is 289 g/mol. The summed E-state index contributed by atoms with van der Waals surface area (Å²) in [6, 6.07) is 8.07. The maximum Gasteiger partial charge on any atom is 0.258 e. The average Bonchev–Trinajstić information content (AvgIpc) is 2.94.